The molecule has 1 heterocycles. The van der Waals surface area contributed by atoms with Crippen LogP contribution in [0.25, 0.3) is 0 Å². The van der Waals surface area contributed by atoms with Gasteiger partial charge in [0.25, 0.3) is 0 Å². The number of anilines is 2. The van der Waals surface area contributed by atoms with Gasteiger partial charge in [0, 0.05) is 29.8 Å². The number of amides is 1. The van der Waals surface area contributed by atoms with Crippen LogP contribution in [0.2, 0.25) is 0 Å². The normalized spacial score (nSPS) is 11.3. The standard InChI is InChI=1S/C19H26N4O2S2/c1-5-14-6-8-15(9-7-14)20-17-22-23-18(27-17)26-11-10-16(25)21-19(3,4)12-13(2)24/h6-9H,5,10-12H2,1-4H3,(H,20,22)(H,21,25). The maximum atomic E-state index is 12.0. The number of hydrogen-bond acceptors (Lipinski definition) is 7. The maximum absolute atomic E-state index is 12.0. The van der Waals surface area contributed by atoms with Crippen LogP contribution < -0.4 is 10.6 Å². The van der Waals surface area contributed by atoms with Crippen LogP contribution in [0.3, 0.4) is 0 Å². The Labute approximate surface area is 168 Å². The molecule has 2 rings (SSSR count). The van der Waals surface area contributed by atoms with E-state index < -0.39 is 5.54 Å². The molecule has 0 unspecified atom stereocenters. The molecule has 6 nitrogen and oxygen atoms in total. The van der Waals surface area contributed by atoms with Crippen LogP contribution in [0.5, 0.6) is 0 Å². The fraction of sp³-hybridized carbons (Fsp3) is 0.474. The Morgan fingerprint density at radius 3 is 2.52 bits per heavy atom. The Kier molecular flexibility index (Phi) is 7.79. The molecule has 8 heteroatoms. The van der Waals surface area contributed by atoms with Gasteiger partial charge >= 0.3 is 0 Å². The number of hydrogen-bond donors (Lipinski definition) is 2. The summed E-state index contributed by atoms with van der Waals surface area (Å²) in [6.45, 7) is 7.37. The fourth-order valence-electron chi connectivity index (χ4n) is 2.60. The number of ketones is 1. The van der Waals surface area contributed by atoms with Crippen LogP contribution in [-0.2, 0) is 16.0 Å². The molecule has 0 saturated carbocycles. The highest BCUT2D eigenvalue weighted by Gasteiger charge is 2.22. The second-order valence-electron chi connectivity index (χ2n) is 6.96. The summed E-state index contributed by atoms with van der Waals surface area (Å²) in [6, 6.07) is 8.23. The smallest absolute Gasteiger partial charge is 0.221 e. The van der Waals surface area contributed by atoms with E-state index in [-0.39, 0.29) is 11.7 Å². The Balaban J connectivity index is 1.77. The Morgan fingerprint density at radius 2 is 1.89 bits per heavy atom. The molecule has 2 aromatic rings. The number of Topliss-reactive ketones (excluding diaryl/α,β-unsaturated/α-hetero) is 1. The van der Waals surface area contributed by atoms with Gasteiger partial charge in [0.05, 0.1) is 0 Å². The lowest BCUT2D eigenvalue weighted by Crippen LogP contribution is -2.44. The summed E-state index contributed by atoms with van der Waals surface area (Å²) >= 11 is 2.97. The van der Waals surface area contributed by atoms with E-state index in [1.54, 1.807) is 0 Å². The lowest BCUT2D eigenvalue weighted by Gasteiger charge is -2.24. The minimum Gasteiger partial charge on any atom is -0.351 e. The van der Waals surface area contributed by atoms with Crippen LogP contribution in [0, 0.1) is 0 Å². The molecule has 0 aliphatic rings. The topological polar surface area (TPSA) is 84.0 Å². The summed E-state index contributed by atoms with van der Waals surface area (Å²) in [5, 5.41) is 15.2. The highest BCUT2D eigenvalue weighted by Crippen LogP contribution is 2.28. The van der Waals surface area contributed by atoms with Crippen molar-refractivity contribution in [2.24, 2.45) is 0 Å². The third kappa shape index (κ3) is 7.68. The predicted molar refractivity (Wildman–Crippen MR) is 112 cm³/mol. The monoisotopic (exact) mass is 406 g/mol. The molecular formula is C19H26N4O2S2. The van der Waals surface area contributed by atoms with Crippen LogP contribution in [0.15, 0.2) is 28.6 Å². The van der Waals surface area contributed by atoms with Crippen molar-refractivity contribution < 1.29 is 9.59 Å². The summed E-state index contributed by atoms with van der Waals surface area (Å²) in [6.07, 6.45) is 1.71. The molecule has 0 atom stereocenters. The number of aromatic nitrogens is 2. The fourth-order valence-corrected chi connectivity index (χ4v) is 4.38. The van der Waals surface area contributed by atoms with E-state index in [1.165, 1.54) is 35.6 Å². The second-order valence-corrected chi connectivity index (χ2v) is 9.28. The number of nitrogens with one attached hydrogen (secondary N) is 2. The molecule has 0 fully saturated rings. The number of rotatable bonds is 10. The van der Waals surface area contributed by atoms with Crippen molar-refractivity contribution >= 4 is 45.6 Å². The van der Waals surface area contributed by atoms with Crippen molar-refractivity contribution in [1.82, 2.24) is 15.5 Å². The molecule has 1 amide bonds. The largest absolute Gasteiger partial charge is 0.351 e. The molecule has 0 aliphatic carbocycles. The Bertz CT molecular complexity index is 772. The highest BCUT2D eigenvalue weighted by molar-refractivity contribution is 8.01. The van der Waals surface area contributed by atoms with E-state index in [9.17, 15) is 9.59 Å². The maximum Gasteiger partial charge on any atom is 0.221 e. The average Bonchev–Trinajstić information content (AvgIpc) is 3.01. The first-order chi connectivity index (χ1) is 12.8. The quantitative estimate of drug-likeness (QED) is 0.575. The molecule has 27 heavy (non-hydrogen) atoms. The second kappa shape index (κ2) is 9.85. The minimum atomic E-state index is -0.513. The Hall–Kier alpha value is -1.93. The zero-order valence-electron chi connectivity index (χ0n) is 16.2. The van der Waals surface area contributed by atoms with Crippen molar-refractivity contribution in [2.45, 2.75) is 56.8 Å². The van der Waals surface area contributed by atoms with Gasteiger partial charge in [-0.15, -0.1) is 10.2 Å². The van der Waals surface area contributed by atoms with E-state index >= 15 is 0 Å². The van der Waals surface area contributed by atoms with Gasteiger partial charge in [0.1, 0.15) is 5.78 Å². The van der Waals surface area contributed by atoms with E-state index in [4.69, 9.17) is 0 Å². The van der Waals surface area contributed by atoms with Crippen LogP contribution >= 0.6 is 23.1 Å². The molecule has 1 aromatic carbocycles. The Morgan fingerprint density at radius 1 is 1.19 bits per heavy atom. The lowest BCUT2D eigenvalue weighted by molar-refractivity contribution is -0.123. The summed E-state index contributed by atoms with van der Waals surface area (Å²) in [5.41, 5.74) is 1.76. The number of aryl methyl sites for hydroxylation is 1. The lowest BCUT2D eigenvalue weighted by atomic mass is 9.98. The van der Waals surface area contributed by atoms with Gasteiger partial charge in [-0.05, 0) is 44.9 Å². The predicted octanol–water partition coefficient (Wildman–Crippen LogP) is 4.20. The average molecular weight is 407 g/mol. The van der Waals surface area contributed by atoms with Crippen molar-refractivity contribution in [3.8, 4) is 0 Å². The van der Waals surface area contributed by atoms with Crippen molar-refractivity contribution in [3.05, 3.63) is 29.8 Å². The summed E-state index contributed by atoms with van der Waals surface area (Å²) in [5.74, 6) is 0.613. The van der Waals surface area contributed by atoms with Gasteiger partial charge in [-0.3, -0.25) is 9.59 Å². The third-order valence-corrected chi connectivity index (χ3v) is 5.72. The number of carbonyl (C=O) groups excluding carboxylic acids is 2. The van der Waals surface area contributed by atoms with Crippen molar-refractivity contribution in [3.63, 3.8) is 0 Å². The molecule has 0 saturated heterocycles. The van der Waals surface area contributed by atoms with Gasteiger partial charge in [-0.25, -0.2) is 0 Å². The number of thioether (sulfide) groups is 1. The van der Waals surface area contributed by atoms with E-state index in [2.05, 4.69) is 39.9 Å². The van der Waals surface area contributed by atoms with Crippen molar-refractivity contribution in [2.75, 3.05) is 11.1 Å². The molecule has 0 radical (unpaired) electrons. The summed E-state index contributed by atoms with van der Waals surface area (Å²) < 4.78 is 0.818. The first kappa shape index (κ1) is 21.4. The highest BCUT2D eigenvalue weighted by atomic mass is 32.2. The molecule has 0 spiro atoms. The molecule has 1 aromatic heterocycles. The van der Waals surface area contributed by atoms with Gasteiger partial charge in [-0.1, -0.05) is 42.2 Å². The minimum absolute atomic E-state index is 0.0624. The number of nitrogens with zero attached hydrogens (tertiary/aromatic N) is 2. The van der Waals surface area contributed by atoms with Gasteiger partial charge in [0.2, 0.25) is 11.0 Å². The number of carbonyl (C=O) groups is 2. The first-order valence-corrected chi connectivity index (χ1v) is 10.7. The van der Waals surface area contributed by atoms with E-state index in [0.717, 1.165) is 21.6 Å². The number of benzene rings is 1. The van der Waals surface area contributed by atoms with Crippen LogP contribution in [0.4, 0.5) is 10.8 Å². The van der Waals surface area contributed by atoms with E-state index in [1.807, 2.05) is 26.0 Å². The third-order valence-electron chi connectivity index (χ3n) is 3.74. The molecule has 0 aliphatic heterocycles. The SMILES string of the molecule is CCc1ccc(Nc2nnc(SCCC(=O)NC(C)(C)CC(C)=O)s2)cc1. The zero-order chi connectivity index (χ0) is 19.9. The molecule has 2 N–H and O–H groups in total. The van der Waals surface area contributed by atoms with E-state index in [0.29, 0.717) is 18.6 Å². The molecule has 146 valence electrons. The van der Waals surface area contributed by atoms with Crippen LogP contribution in [-0.4, -0.2) is 33.2 Å². The van der Waals surface area contributed by atoms with Gasteiger partial charge in [-0.2, -0.15) is 0 Å². The van der Waals surface area contributed by atoms with Gasteiger partial charge in [0.15, 0.2) is 4.34 Å². The molecular weight excluding hydrogens is 380 g/mol. The summed E-state index contributed by atoms with van der Waals surface area (Å²) in [7, 11) is 0. The van der Waals surface area contributed by atoms with Crippen LogP contribution in [0.1, 0.15) is 46.1 Å². The zero-order valence-corrected chi connectivity index (χ0v) is 17.8. The summed E-state index contributed by atoms with van der Waals surface area (Å²) in [4.78, 5) is 23.3. The molecule has 0 bridgehead atoms. The van der Waals surface area contributed by atoms with Crippen molar-refractivity contribution in [1.29, 1.82) is 0 Å². The first-order valence-electron chi connectivity index (χ1n) is 8.90. The van der Waals surface area contributed by atoms with Gasteiger partial charge < -0.3 is 10.6 Å².